The van der Waals surface area contributed by atoms with Crippen molar-refractivity contribution in [3.8, 4) is 0 Å². The van der Waals surface area contributed by atoms with Gasteiger partial charge in [-0.1, -0.05) is 20.3 Å². The molecule has 0 aromatic heterocycles. The summed E-state index contributed by atoms with van der Waals surface area (Å²) >= 11 is 0. The van der Waals surface area contributed by atoms with Crippen LogP contribution in [0.3, 0.4) is 0 Å². The van der Waals surface area contributed by atoms with Crippen LogP contribution in [0, 0.1) is 5.92 Å². The maximum Gasteiger partial charge on any atom is 0.0524 e. The Balaban J connectivity index is 3.37. The molecule has 0 aliphatic rings. The van der Waals surface area contributed by atoms with E-state index in [1.54, 1.807) is 0 Å². The van der Waals surface area contributed by atoms with Crippen LogP contribution in [0.15, 0.2) is 0 Å². The monoisotopic (exact) mass is 173 g/mol. The Morgan fingerprint density at radius 3 is 2.25 bits per heavy atom. The molecule has 0 unspecified atom stereocenters. The molecule has 0 fully saturated rings. The number of hydrogen-bond donors (Lipinski definition) is 2. The zero-order valence-electron chi connectivity index (χ0n) is 8.80. The van der Waals surface area contributed by atoms with Gasteiger partial charge in [-0.2, -0.15) is 0 Å². The molecule has 0 aliphatic carbocycles. The van der Waals surface area contributed by atoms with Gasteiger partial charge in [-0.3, -0.25) is 0 Å². The summed E-state index contributed by atoms with van der Waals surface area (Å²) in [6.07, 6.45) is 1.88. The van der Waals surface area contributed by atoms with E-state index in [0.717, 1.165) is 18.9 Å². The third-order valence-electron chi connectivity index (χ3n) is 2.53. The molecule has 0 aliphatic heterocycles. The van der Waals surface area contributed by atoms with Crippen molar-refractivity contribution in [3.63, 3.8) is 0 Å². The molecular formula is C10H23NO. The number of aliphatic hydroxyl groups is 1. The Hall–Kier alpha value is -0.0800. The van der Waals surface area contributed by atoms with Crippen molar-refractivity contribution in [2.24, 2.45) is 5.92 Å². The summed E-state index contributed by atoms with van der Waals surface area (Å²) in [4.78, 5) is 0. The van der Waals surface area contributed by atoms with Crippen molar-refractivity contribution in [2.45, 2.75) is 52.7 Å². The second kappa shape index (κ2) is 6.44. The van der Waals surface area contributed by atoms with Crippen LogP contribution in [0.2, 0.25) is 0 Å². The molecule has 2 nitrogen and oxygen atoms in total. The zero-order chi connectivity index (χ0) is 9.56. The summed E-state index contributed by atoms with van der Waals surface area (Å²) in [6.45, 7) is 9.41. The van der Waals surface area contributed by atoms with Crippen LogP contribution in [-0.4, -0.2) is 23.8 Å². The number of rotatable bonds is 6. The van der Waals surface area contributed by atoms with Crippen molar-refractivity contribution in [2.75, 3.05) is 6.54 Å². The van der Waals surface area contributed by atoms with E-state index in [1.807, 2.05) is 6.92 Å². The van der Waals surface area contributed by atoms with Gasteiger partial charge in [0.25, 0.3) is 0 Å². The zero-order valence-corrected chi connectivity index (χ0v) is 8.80. The lowest BCUT2D eigenvalue weighted by Gasteiger charge is -2.20. The molecule has 2 N–H and O–H groups in total. The fraction of sp³-hybridized carbons (Fsp3) is 1.00. The first kappa shape index (κ1) is 11.9. The minimum absolute atomic E-state index is 0.179. The summed E-state index contributed by atoms with van der Waals surface area (Å²) in [6, 6.07) is 0.564. The molecule has 12 heavy (non-hydrogen) atoms. The molecule has 0 saturated heterocycles. The minimum atomic E-state index is -0.179. The van der Waals surface area contributed by atoms with Crippen LogP contribution in [0.1, 0.15) is 40.5 Å². The fourth-order valence-corrected chi connectivity index (χ4v) is 1.07. The Kier molecular flexibility index (Phi) is 6.39. The van der Waals surface area contributed by atoms with Gasteiger partial charge in [0.2, 0.25) is 0 Å². The van der Waals surface area contributed by atoms with Gasteiger partial charge >= 0.3 is 0 Å². The molecule has 2 heteroatoms. The van der Waals surface area contributed by atoms with E-state index in [1.165, 1.54) is 6.42 Å². The Labute approximate surface area is 76.4 Å². The molecule has 0 heterocycles. The van der Waals surface area contributed by atoms with Gasteiger partial charge in [0.05, 0.1) is 6.10 Å². The van der Waals surface area contributed by atoms with Gasteiger partial charge in [0.15, 0.2) is 0 Å². The lowest BCUT2D eigenvalue weighted by molar-refractivity contribution is 0.181. The lowest BCUT2D eigenvalue weighted by atomic mass is 10.0. The average molecular weight is 173 g/mol. The summed E-state index contributed by atoms with van der Waals surface area (Å²) < 4.78 is 0. The second-order valence-electron chi connectivity index (χ2n) is 3.77. The number of aliphatic hydroxyl groups excluding tert-OH is 1. The lowest BCUT2D eigenvalue weighted by Crippen LogP contribution is -2.33. The van der Waals surface area contributed by atoms with E-state index < -0.39 is 0 Å². The standard InChI is InChI=1S/C10H23NO/c1-5-8(2)10(4)11-7-6-9(3)12/h8-12H,5-7H2,1-4H3/t8-,9-,10-/m0/s1. The predicted octanol–water partition coefficient (Wildman–Crippen LogP) is 1.78. The molecule has 74 valence electrons. The Morgan fingerprint density at radius 1 is 1.25 bits per heavy atom. The Bertz CT molecular complexity index is 104. The SMILES string of the molecule is CC[C@H](C)[C@H](C)NCC[C@H](C)O. The fourth-order valence-electron chi connectivity index (χ4n) is 1.07. The molecule has 0 amide bonds. The van der Waals surface area contributed by atoms with Crippen LogP contribution in [0.4, 0.5) is 0 Å². The second-order valence-corrected chi connectivity index (χ2v) is 3.77. The highest BCUT2D eigenvalue weighted by Crippen LogP contribution is 2.06. The molecule has 0 radical (unpaired) electrons. The third kappa shape index (κ3) is 5.56. The van der Waals surface area contributed by atoms with Crippen molar-refractivity contribution in [3.05, 3.63) is 0 Å². The third-order valence-corrected chi connectivity index (χ3v) is 2.53. The van der Waals surface area contributed by atoms with E-state index in [-0.39, 0.29) is 6.10 Å². The van der Waals surface area contributed by atoms with Crippen LogP contribution >= 0.6 is 0 Å². The van der Waals surface area contributed by atoms with E-state index in [2.05, 4.69) is 26.1 Å². The maximum absolute atomic E-state index is 9.02. The van der Waals surface area contributed by atoms with Crippen LogP contribution in [0.25, 0.3) is 0 Å². The van der Waals surface area contributed by atoms with Gasteiger partial charge in [0, 0.05) is 6.04 Å². The van der Waals surface area contributed by atoms with E-state index in [0.29, 0.717) is 6.04 Å². The molecule has 0 aromatic carbocycles. The number of hydrogen-bond acceptors (Lipinski definition) is 2. The van der Waals surface area contributed by atoms with Gasteiger partial charge in [0.1, 0.15) is 0 Å². The Morgan fingerprint density at radius 2 is 1.83 bits per heavy atom. The first-order valence-electron chi connectivity index (χ1n) is 4.99. The van der Waals surface area contributed by atoms with Crippen molar-refractivity contribution >= 4 is 0 Å². The molecule has 0 rings (SSSR count). The van der Waals surface area contributed by atoms with E-state index in [9.17, 15) is 0 Å². The van der Waals surface area contributed by atoms with Crippen LogP contribution in [0.5, 0.6) is 0 Å². The van der Waals surface area contributed by atoms with Crippen LogP contribution < -0.4 is 5.32 Å². The summed E-state index contributed by atoms with van der Waals surface area (Å²) in [5.74, 6) is 0.721. The normalized spacial score (nSPS) is 18.8. The molecule has 0 aromatic rings. The molecule has 0 bridgehead atoms. The average Bonchev–Trinajstić information content (AvgIpc) is 2.02. The van der Waals surface area contributed by atoms with Gasteiger partial charge < -0.3 is 10.4 Å². The summed E-state index contributed by atoms with van der Waals surface area (Å²) in [7, 11) is 0. The number of nitrogens with one attached hydrogen (secondary N) is 1. The van der Waals surface area contributed by atoms with Gasteiger partial charge in [-0.05, 0) is 32.7 Å². The van der Waals surface area contributed by atoms with Gasteiger partial charge in [-0.25, -0.2) is 0 Å². The first-order chi connectivity index (χ1) is 5.57. The van der Waals surface area contributed by atoms with E-state index in [4.69, 9.17) is 5.11 Å². The topological polar surface area (TPSA) is 32.3 Å². The predicted molar refractivity (Wildman–Crippen MR) is 53.2 cm³/mol. The highest BCUT2D eigenvalue weighted by Gasteiger charge is 2.08. The molecule has 0 spiro atoms. The maximum atomic E-state index is 9.02. The smallest absolute Gasteiger partial charge is 0.0524 e. The highest BCUT2D eigenvalue weighted by molar-refractivity contribution is 4.67. The molecule has 3 atom stereocenters. The largest absolute Gasteiger partial charge is 0.393 e. The minimum Gasteiger partial charge on any atom is -0.393 e. The quantitative estimate of drug-likeness (QED) is 0.641. The molecular weight excluding hydrogens is 150 g/mol. The summed E-state index contributed by atoms with van der Waals surface area (Å²) in [5, 5.41) is 12.4. The molecule has 0 saturated carbocycles. The first-order valence-corrected chi connectivity index (χ1v) is 4.99. The summed E-state index contributed by atoms with van der Waals surface area (Å²) in [5.41, 5.74) is 0. The van der Waals surface area contributed by atoms with Crippen molar-refractivity contribution < 1.29 is 5.11 Å². The van der Waals surface area contributed by atoms with Gasteiger partial charge in [-0.15, -0.1) is 0 Å². The van der Waals surface area contributed by atoms with E-state index >= 15 is 0 Å². The van der Waals surface area contributed by atoms with Crippen LogP contribution in [-0.2, 0) is 0 Å². The van der Waals surface area contributed by atoms with Crippen molar-refractivity contribution in [1.29, 1.82) is 0 Å². The highest BCUT2D eigenvalue weighted by atomic mass is 16.3. The van der Waals surface area contributed by atoms with Crippen molar-refractivity contribution in [1.82, 2.24) is 5.32 Å².